The lowest BCUT2D eigenvalue weighted by atomic mass is 10.6. The number of nitrogens with zero attached hydrogens (tertiary/aromatic N) is 2. The maximum atomic E-state index is 8.76. The van der Waals surface area contributed by atoms with Crippen molar-refractivity contribution in [3.05, 3.63) is 12.3 Å². The number of halogens is 1. The van der Waals surface area contributed by atoms with Gasteiger partial charge >= 0.3 is 0 Å². The van der Waals surface area contributed by atoms with E-state index in [2.05, 4.69) is 26.2 Å². The molecule has 1 atom stereocenters. The SMILES string of the molecule is OC1(Br)C=CN=N1. The van der Waals surface area contributed by atoms with Crippen molar-refractivity contribution in [3.63, 3.8) is 0 Å². The van der Waals surface area contributed by atoms with Crippen LogP contribution in [0.5, 0.6) is 0 Å². The summed E-state index contributed by atoms with van der Waals surface area (Å²) in [5.41, 5.74) is 0. The Morgan fingerprint density at radius 3 is 2.57 bits per heavy atom. The lowest BCUT2D eigenvalue weighted by Gasteiger charge is -2.00. The Kier molecular flexibility index (Phi) is 0.972. The van der Waals surface area contributed by atoms with E-state index < -0.39 is 4.63 Å². The van der Waals surface area contributed by atoms with Gasteiger partial charge in [-0.1, -0.05) is 0 Å². The summed E-state index contributed by atoms with van der Waals surface area (Å²) in [7, 11) is 0. The largest absolute Gasteiger partial charge is 0.356 e. The first-order valence-corrected chi connectivity index (χ1v) is 2.51. The quantitative estimate of drug-likeness (QED) is 0.420. The number of hydrogen-bond donors (Lipinski definition) is 1. The van der Waals surface area contributed by atoms with E-state index in [1.54, 1.807) is 0 Å². The molecule has 1 unspecified atom stereocenters. The van der Waals surface area contributed by atoms with Gasteiger partial charge in [0, 0.05) is 6.08 Å². The standard InChI is InChI=1S/C3H3BrN2O/c4-3(7)1-2-5-6-3/h1-2,7H. The summed E-state index contributed by atoms with van der Waals surface area (Å²) in [6.45, 7) is 0. The van der Waals surface area contributed by atoms with Crippen molar-refractivity contribution in [3.8, 4) is 0 Å². The molecule has 0 spiro atoms. The van der Waals surface area contributed by atoms with Gasteiger partial charge < -0.3 is 5.11 Å². The van der Waals surface area contributed by atoms with Crippen LogP contribution in [0.2, 0.25) is 0 Å². The van der Waals surface area contributed by atoms with E-state index in [-0.39, 0.29) is 0 Å². The zero-order valence-corrected chi connectivity index (χ0v) is 4.96. The van der Waals surface area contributed by atoms with Gasteiger partial charge in [-0.25, -0.2) is 0 Å². The Balaban J connectivity index is 2.77. The van der Waals surface area contributed by atoms with Crippen LogP contribution in [0.15, 0.2) is 22.5 Å². The van der Waals surface area contributed by atoms with Gasteiger partial charge in [-0.3, -0.25) is 0 Å². The van der Waals surface area contributed by atoms with E-state index >= 15 is 0 Å². The highest BCUT2D eigenvalue weighted by molar-refractivity contribution is 9.10. The van der Waals surface area contributed by atoms with E-state index in [0.29, 0.717) is 0 Å². The predicted molar refractivity (Wildman–Crippen MR) is 27.9 cm³/mol. The van der Waals surface area contributed by atoms with E-state index in [9.17, 15) is 0 Å². The Morgan fingerprint density at radius 2 is 2.43 bits per heavy atom. The summed E-state index contributed by atoms with van der Waals surface area (Å²) in [5.74, 6) is 0. The van der Waals surface area contributed by atoms with E-state index in [4.69, 9.17) is 5.11 Å². The Morgan fingerprint density at radius 1 is 1.71 bits per heavy atom. The third-order valence-corrected chi connectivity index (χ3v) is 0.974. The van der Waals surface area contributed by atoms with Gasteiger partial charge in [0.25, 0.3) is 4.63 Å². The fourth-order valence-electron chi connectivity index (χ4n) is 0.276. The Hall–Kier alpha value is -0.220. The summed E-state index contributed by atoms with van der Waals surface area (Å²) in [5, 5.41) is 15.5. The van der Waals surface area contributed by atoms with E-state index in [0.717, 1.165) is 0 Å². The molecule has 0 aromatic carbocycles. The van der Waals surface area contributed by atoms with Crippen LogP contribution in [0, 0.1) is 0 Å². The molecule has 1 rings (SSSR count). The predicted octanol–water partition coefficient (Wildman–Crippen LogP) is 1.01. The molecule has 1 N–H and O–H groups in total. The van der Waals surface area contributed by atoms with Crippen molar-refractivity contribution in [2.45, 2.75) is 4.63 Å². The van der Waals surface area contributed by atoms with Gasteiger partial charge in [0.05, 0.1) is 6.20 Å². The van der Waals surface area contributed by atoms with Gasteiger partial charge in [0.2, 0.25) is 0 Å². The van der Waals surface area contributed by atoms with Gasteiger partial charge in [-0.2, -0.15) is 5.11 Å². The maximum absolute atomic E-state index is 8.76. The van der Waals surface area contributed by atoms with Crippen LogP contribution < -0.4 is 0 Å². The number of hydrogen-bond acceptors (Lipinski definition) is 3. The minimum absolute atomic E-state index is 1.22. The third-order valence-electron chi connectivity index (χ3n) is 0.551. The van der Waals surface area contributed by atoms with Crippen molar-refractivity contribution in [1.29, 1.82) is 0 Å². The molecule has 1 aliphatic heterocycles. The monoisotopic (exact) mass is 162 g/mol. The Labute approximate surface area is 48.9 Å². The van der Waals surface area contributed by atoms with Gasteiger partial charge in [0.1, 0.15) is 0 Å². The van der Waals surface area contributed by atoms with Gasteiger partial charge in [-0.15, -0.1) is 5.11 Å². The smallest absolute Gasteiger partial charge is 0.254 e. The lowest BCUT2D eigenvalue weighted by Crippen LogP contribution is -2.07. The normalized spacial score (nSPS) is 37.4. The summed E-state index contributed by atoms with van der Waals surface area (Å²) in [4.78, 5) is 0. The average molecular weight is 163 g/mol. The number of azo groups is 1. The molecule has 1 heterocycles. The molecule has 4 heteroatoms. The molecule has 0 radical (unpaired) electrons. The molecule has 7 heavy (non-hydrogen) atoms. The number of rotatable bonds is 0. The summed E-state index contributed by atoms with van der Waals surface area (Å²) in [6, 6.07) is 0. The van der Waals surface area contributed by atoms with Crippen LogP contribution >= 0.6 is 15.9 Å². The molecule has 38 valence electrons. The van der Waals surface area contributed by atoms with Crippen molar-refractivity contribution < 1.29 is 5.11 Å². The highest BCUT2D eigenvalue weighted by Gasteiger charge is 2.19. The Bertz CT molecular complexity index is 115. The highest BCUT2D eigenvalue weighted by atomic mass is 79.9. The summed E-state index contributed by atoms with van der Waals surface area (Å²) < 4.78 is -1.22. The zero-order chi connectivity index (χ0) is 5.33. The van der Waals surface area contributed by atoms with Crippen molar-refractivity contribution in [1.82, 2.24) is 0 Å². The zero-order valence-electron chi connectivity index (χ0n) is 3.37. The van der Waals surface area contributed by atoms with Crippen LogP contribution in [-0.4, -0.2) is 9.74 Å². The van der Waals surface area contributed by atoms with Gasteiger partial charge in [-0.05, 0) is 15.9 Å². The topological polar surface area (TPSA) is 45.0 Å². The van der Waals surface area contributed by atoms with Gasteiger partial charge in [0.15, 0.2) is 0 Å². The highest BCUT2D eigenvalue weighted by Crippen LogP contribution is 2.21. The van der Waals surface area contributed by atoms with Crippen LogP contribution in [0.25, 0.3) is 0 Å². The minimum Gasteiger partial charge on any atom is -0.356 e. The van der Waals surface area contributed by atoms with Crippen LogP contribution in [-0.2, 0) is 0 Å². The fourth-order valence-corrected chi connectivity index (χ4v) is 0.486. The second-order valence-electron chi connectivity index (χ2n) is 1.17. The third kappa shape index (κ3) is 1.07. The molecular weight excluding hydrogens is 160 g/mol. The fraction of sp³-hybridized carbons (Fsp3) is 0.333. The minimum atomic E-state index is -1.22. The van der Waals surface area contributed by atoms with Crippen molar-refractivity contribution in [2.24, 2.45) is 10.2 Å². The van der Waals surface area contributed by atoms with Crippen LogP contribution in [0.4, 0.5) is 0 Å². The molecule has 0 amide bonds. The second-order valence-corrected chi connectivity index (χ2v) is 2.33. The average Bonchev–Trinajstić information content (AvgIpc) is 1.84. The first-order valence-electron chi connectivity index (χ1n) is 1.72. The van der Waals surface area contributed by atoms with Crippen LogP contribution in [0.1, 0.15) is 0 Å². The summed E-state index contributed by atoms with van der Waals surface area (Å²) in [6.07, 6.45) is 2.86. The molecular formula is C3H3BrN2O. The molecule has 0 aromatic rings. The molecule has 3 nitrogen and oxygen atoms in total. The molecule has 0 saturated carbocycles. The molecule has 0 fully saturated rings. The molecule has 0 aliphatic carbocycles. The lowest BCUT2D eigenvalue weighted by molar-refractivity contribution is 0.204. The number of alkyl halides is 1. The van der Waals surface area contributed by atoms with E-state index in [1.165, 1.54) is 12.3 Å². The summed E-state index contributed by atoms with van der Waals surface area (Å²) >= 11 is 2.85. The number of aliphatic hydroxyl groups is 1. The van der Waals surface area contributed by atoms with Crippen molar-refractivity contribution >= 4 is 15.9 Å². The van der Waals surface area contributed by atoms with E-state index in [1.807, 2.05) is 0 Å². The first-order chi connectivity index (χ1) is 3.21. The second kappa shape index (κ2) is 1.38. The molecule has 0 bridgehead atoms. The molecule has 1 aliphatic rings. The van der Waals surface area contributed by atoms with Crippen LogP contribution in [0.3, 0.4) is 0 Å². The first kappa shape index (κ1) is 4.93. The molecule has 0 saturated heterocycles. The molecule has 0 aromatic heterocycles. The van der Waals surface area contributed by atoms with Crippen molar-refractivity contribution in [2.75, 3.05) is 0 Å². The maximum Gasteiger partial charge on any atom is 0.254 e.